The molecule has 1 fully saturated rings. The van der Waals surface area contributed by atoms with E-state index in [-0.39, 0.29) is 17.4 Å². The highest BCUT2D eigenvalue weighted by Crippen LogP contribution is 2.29. The van der Waals surface area contributed by atoms with E-state index >= 15 is 0 Å². The summed E-state index contributed by atoms with van der Waals surface area (Å²) in [7, 11) is 0. The Morgan fingerprint density at radius 1 is 1.15 bits per heavy atom. The van der Waals surface area contributed by atoms with E-state index in [4.69, 9.17) is 9.47 Å². The predicted octanol–water partition coefficient (Wildman–Crippen LogP) is 4.94. The Hall–Kier alpha value is -3.92. The van der Waals surface area contributed by atoms with Crippen molar-refractivity contribution in [2.24, 2.45) is 5.92 Å². The van der Waals surface area contributed by atoms with Gasteiger partial charge in [-0.25, -0.2) is 14.2 Å². The second-order valence-electron chi connectivity index (χ2n) is 11.1. The van der Waals surface area contributed by atoms with Gasteiger partial charge in [-0.15, -0.1) is 0 Å². The first-order valence-corrected chi connectivity index (χ1v) is 13.1. The van der Waals surface area contributed by atoms with Gasteiger partial charge in [-0.3, -0.25) is 4.79 Å². The molecule has 1 N–H and O–H groups in total. The molecule has 4 aromatic rings. The Morgan fingerprint density at radius 3 is 2.56 bits per heavy atom. The number of rotatable bonds is 6. The van der Waals surface area contributed by atoms with Gasteiger partial charge in [0.25, 0.3) is 0 Å². The Bertz CT molecular complexity index is 1550. The van der Waals surface area contributed by atoms with Crippen LogP contribution in [0.3, 0.4) is 0 Å². The van der Waals surface area contributed by atoms with Gasteiger partial charge >= 0.3 is 11.7 Å². The largest absolute Gasteiger partial charge is 0.444 e. The molecule has 0 atom stereocenters. The van der Waals surface area contributed by atoms with Crippen LogP contribution in [-0.4, -0.2) is 55.8 Å². The molecule has 0 spiro atoms. The number of nitrogens with zero attached hydrogens (tertiary/aromatic N) is 4. The average molecular weight is 537 g/mol. The molecule has 0 bridgehead atoms. The summed E-state index contributed by atoms with van der Waals surface area (Å²) in [6.07, 6.45) is 6.29. The van der Waals surface area contributed by atoms with Crippen LogP contribution in [0.25, 0.3) is 21.8 Å². The van der Waals surface area contributed by atoms with Crippen molar-refractivity contribution in [3.63, 3.8) is 0 Å². The number of piperidine rings is 1. The van der Waals surface area contributed by atoms with Gasteiger partial charge in [0.05, 0.1) is 18.3 Å². The van der Waals surface area contributed by atoms with E-state index in [0.717, 1.165) is 34.9 Å². The normalized spacial score (nSPS) is 14.8. The zero-order valence-corrected chi connectivity index (χ0v) is 22.4. The lowest BCUT2D eigenvalue weighted by Gasteiger charge is -2.33. The summed E-state index contributed by atoms with van der Waals surface area (Å²) >= 11 is 0. The number of hydrogen-bond donors (Lipinski definition) is 1. The molecule has 1 aliphatic rings. The molecule has 1 saturated heterocycles. The third-order valence-electron chi connectivity index (χ3n) is 6.98. The number of halogens is 1. The zero-order valence-electron chi connectivity index (χ0n) is 22.4. The van der Waals surface area contributed by atoms with E-state index in [1.165, 1.54) is 18.3 Å². The Labute approximate surface area is 225 Å². The number of carbonyl (C=O) groups excluding carboxylic acids is 1. The first-order valence-electron chi connectivity index (χ1n) is 13.1. The molecule has 9 nitrogen and oxygen atoms in total. The van der Waals surface area contributed by atoms with Crippen LogP contribution in [0.2, 0.25) is 0 Å². The maximum atomic E-state index is 13.4. The Morgan fingerprint density at radius 2 is 1.87 bits per heavy atom. The standard InChI is InChI=1S/C29H33FN4O5/c1-29(2,3)39-28(36)32-11-8-20(9-12-32)17-38-18-21-16-33(15-19-4-6-22(30)7-5-19)24-14-31-26-23(25(21)24)10-13-34(37)27(26)35/h4-7,10,13-14,16,20,37H,8-9,11-12,15,17-18H2,1-3H3. The number of benzene rings is 1. The van der Waals surface area contributed by atoms with Crippen LogP contribution in [0, 0.1) is 11.7 Å². The number of aromatic nitrogens is 3. The lowest BCUT2D eigenvalue weighted by atomic mass is 9.98. The number of pyridine rings is 2. The Kier molecular flexibility index (Phi) is 7.31. The number of fused-ring (bicyclic) bond motifs is 3. The first-order chi connectivity index (χ1) is 18.6. The smallest absolute Gasteiger partial charge is 0.410 e. The molecule has 0 unspecified atom stereocenters. The molecule has 39 heavy (non-hydrogen) atoms. The highest BCUT2D eigenvalue weighted by molar-refractivity contribution is 6.06. The number of ether oxygens (including phenoxy) is 2. The minimum atomic E-state index is -0.593. The quantitative estimate of drug-likeness (QED) is 0.351. The molecule has 4 heterocycles. The monoisotopic (exact) mass is 536 g/mol. The molecule has 0 saturated carbocycles. The fourth-order valence-corrected chi connectivity index (χ4v) is 5.02. The molecule has 0 aliphatic carbocycles. The Balaban J connectivity index is 1.33. The fourth-order valence-electron chi connectivity index (χ4n) is 5.02. The number of amides is 1. The number of carbonyl (C=O) groups is 1. The van der Waals surface area contributed by atoms with Gasteiger partial charge in [-0.05, 0) is 63.3 Å². The molecular formula is C29H33FN4O5. The van der Waals surface area contributed by atoms with Gasteiger partial charge in [0.1, 0.15) is 16.9 Å². The molecule has 0 radical (unpaired) electrons. The fraction of sp³-hybridized carbons (Fsp3) is 0.414. The average Bonchev–Trinajstić information content (AvgIpc) is 3.24. The van der Waals surface area contributed by atoms with Crippen LogP contribution in [0.15, 0.2) is 53.7 Å². The predicted molar refractivity (Wildman–Crippen MR) is 144 cm³/mol. The van der Waals surface area contributed by atoms with Crippen LogP contribution in [0.1, 0.15) is 44.7 Å². The van der Waals surface area contributed by atoms with E-state index in [1.807, 2.05) is 31.5 Å². The molecular weight excluding hydrogens is 503 g/mol. The minimum Gasteiger partial charge on any atom is -0.444 e. The third kappa shape index (κ3) is 5.90. The van der Waals surface area contributed by atoms with E-state index in [0.29, 0.717) is 48.9 Å². The summed E-state index contributed by atoms with van der Waals surface area (Å²) in [5, 5.41) is 11.3. The molecule has 1 amide bonds. The maximum Gasteiger partial charge on any atom is 0.410 e. The van der Waals surface area contributed by atoms with Crippen molar-refractivity contribution in [2.75, 3.05) is 19.7 Å². The van der Waals surface area contributed by atoms with Crippen LogP contribution in [-0.2, 0) is 22.6 Å². The summed E-state index contributed by atoms with van der Waals surface area (Å²) in [6, 6.07) is 8.00. The molecule has 5 rings (SSSR count). The second kappa shape index (κ2) is 10.7. The van der Waals surface area contributed by atoms with Gasteiger partial charge in [0.2, 0.25) is 0 Å². The topological polar surface area (TPSA) is 98.8 Å². The van der Waals surface area contributed by atoms with Crippen LogP contribution in [0.4, 0.5) is 9.18 Å². The highest BCUT2D eigenvalue weighted by Gasteiger charge is 2.27. The number of hydrogen-bond acceptors (Lipinski definition) is 6. The molecule has 1 aromatic carbocycles. The first kappa shape index (κ1) is 26.7. The molecule has 3 aromatic heterocycles. The van der Waals surface area contributed by atoms with Gasteiger partial charge in [-0.1, -0.05) is 12.1 Å². The van der Waals surface area contributed by atoms with Crippen LogP contribution >= 0.6 is 0 Å². The van der Waals surface area contributed by atoms with E-state index in [2.05, 4.69) is 4.98 Å². The van der Waals surface area contributed by atoms with E-state index in [9.17, 15) is 19.2 Å². The summed E-state index contributed by atoms with van der Waals surface area (Å²) < 4.78 is 27.6. The van der Waals surface area contributed by atoms with Gasteiger partial charge in [-0.2, -0.15) is 4.73 Å². The van der Waals surface area contributed by atoms with Crippen LogP contribution in [0.5, 0.6) is 0 Å². The van der Waals surface area contributed by atoms with Gasteiger partial charge in [0, 0.05) is 55.0 Å². The summed E-state index contributed by atoms with van der Waals surface area (Å²) in [4.78, 5) is 31.0. The van der Waals surface area contributed by atoms with Crippen molar-refractivity contribution in [3.05, 3.63) is 76.2 Å². The number of likely N-dealkylation sites (tertiary alicyclic amines) is 1. The SMILES string of the molecule is CC(C)(C)OC(=O)N1CCC(COCc2cn(Cc3ccc(F)cc3)c3cnc4c(=O)n(O)ccc4c23)CC1. The zero-order chi connectivity index (χ0) is 27.7. The second-order valence-corrected chi connectivity index (χ2v) is 11.1. The molecule has 1 aliphatic heterocycles. The van der Waals surface area contributed by atoms with Crippen molar-refractivity contribution in [1.29, 1.82) is 0 Å². The van der Waals surface area contributed by atoms with Crippen molar-refractivity contribution < 1.29 is 23.9 Å². The van der Waals surface area contributed by atoms with Gasteiger partial charge in [0.15, 0.2) is 0 Å². The minimum absolute atomic E-state index is 0.169. The highest BCUT2D eigenvalue weighted by atomic mass is 19.1. The van der Waals surface area contributed by atoms with Crippen molar-refractivity contribution >= 4 is 27.9 Å². The lowest BCUT2D eigenvalue weighted by Crippen LogP contribution is -2.42. The molecule has 10 heteroatoms. The van der Waals surface area contributed by atoms with E-state index in [1.54, 1.807) is 29.3 Å². The lowest BCUT2D eigenvalue weighted by molar-refractivity contribution is 0.0105. The van der Waals surface area contributed by atoms with Gasteiger partial charge < -0.3 is 24.1 Å². The van der Waals surface area contributed by atoms with Crippen molar-refractivity contribution in [2.45, 2.75) is 52.4 Å². The van der Waals surface area contributed by atoms with Crippen LogP contribution < -0.4 is 5.56 Å². The summed E-state index contributed by atoms with van der Waals surface area (Å²) in [6.45, 7) is 8.19. The third-order valence-corrected chi connectivity index (χ3v) is 6.98. The summed E-state index contributed by atoms with van der Waals surface area (Å²) in [5.41, 5.74) is 1.68. The van der Waals surface area contributed by atoms with E-state index < -0.39 is 11.2 Å². The molecule has 206 valence electrons. The maximum absolute atomic E-state index is 13.4. The van der Waals surface area contributed by atoms with Crippen molar-refractivity contribution in [1.82, 2.24) is 19.2 Å². The summed E-state index contributed by atoms with van der Waals surface area (Å²) in [5.74, 6) is 0.0197. The van der Waals surface area contributed by atoms with Crippen molar-refractivity contribution in [3.8, 4) is 0 Å².